The van der Waals surface area contributed by atoms with Gasteiger partial charge in [-0.1, -0.05) is 16.9 Å². The first kappa shape index (κ1) is 14.8. The van der Waals surface area contributed by atoms with E-state index in [1.165, 1.54) is 11.8 Å². The van der Waals surface area contributed by atoms with E-state index in [2.05, 4.69) is 20.3 Å². The van der Waals surface area contributed by atoms with E-state index < -0.39 is 5.54 Å². The second-order valence-corrected chi connectivity index (χ2v) is 6.27. The molecule has 2 rings (SSSR count). The summed E-state index contributed by atoms with van der Waals surface area (Å²) in [5, 5.41) is 12.5. The third kappa shape index (κ3) is 3.10. The largest absolute Gasteiger partial charge is 0.368 e. The van der Waals surface area contributed by atoms with Gasteiger partial charge in [-0.05, 0) is 27.7 Å². The predicted molar refractivity (Wildman–Crippen MR) is 75.9 cm³/mol. The van der Waals surface area contributed by atoms with Gasteiger partial charge in [-0.3, -0.25) is 4.57 Å². The summed E-state index contributed by atoms with van der Waals surface area (Å²) in [5.41, 5.74) is 11.1. The van der Waals surface area contributed by atoms with Crippen LogP contribution in [0.5, 0.6) is 0 Å². The molecule has 0 fully saturated rings. The number of nitrogens with two attached hydrogens (primary N) is 2. The fourth-order valence-corrected chi connectivity index (χ4v) is 2.49. The van der Waals surface area contributed by atoms with E-state index >= 15 is 0 Å². The SMILES string of the molecule is CC(C)n1c(N)nnc1SCc1nc(C(C)(C)N)no1. The Bertz CT molecular complexity index is 584. The molecule has 9 heteroatoms. The van der Waals surface area contributed by atoms with Gasteiger partial charge in [-0.25, -0.2) is 0 Å². The molecule has 0 bridgehead atoms. The third-order valence-corrected chi connectivity index (χ3v) is 3.50. The van der Waals surface area contributed by atoms with Crippen molar-refractivity contribution in [2.45, 2.75) is 50.2 Å². The molecule has 0 unspecified atom stereocenters. The summed E-state index contributed by atoms with van der Waals surface area (Å²) in [6.07, 6.45) is 0. The smallest absolute Gasteiger partial charge is 0.237 e. The monoisotopic (exact) mass is 297 g/mol. The highest BCUT2D eigenvalue weighted by atomic mass is 32.2. The van der Waals surface area contributed by atoms with Crippen LogP contribution in [0.3, 0.4) is 0 Å². The van der Waals surface area contributed by atoms with E-state index in [1.54, 1.807) is 0 Å². The van der Waals surface area contributed by atoms with Crippen molar-refractivity contribution >= 4 is 17.7 Å². The molecular weight excluding hydrogens is 278 g/mol. The number of nitrogen functional groups attached to an aromatic ring is 1. The fraction of sp³-hybridized carbons (Fsp3) is 0.636. The molecule has 0 aromatic carbocycles. The molecule has 0 aliphatic heterocycles. The molecule has 20 heavy (non-hydrogen) atoms. The Morgan fingerprint density at radius 3 is 2.60 bits per heavy atom. The summed E-state index contributed by atoms with van der Waals surface area (Å²) in [4.78, 5) is 4.27. The molecule has 0 radical (unpaired) electrons. The Morgan fingerprint density at radius 2 is 2.05 bits per heavy atom. The lowest BCUT2D eigenvalue weighted by Gasteiger charge is -2.11. The number of hydrogen-bond acceptors (Lipinski definition) is 8. The number of rotatable bonds is 5. The number of thioether (sulfide) groups is 1. The Labute approximate surface area is 121 Å². The zero-order chi connectivity index (χ0) is 14.9. The maximum atomic E-state index is 5.91. The summed E-state index contributed by atoms with van der Waals surface area (Å²) >= 11 is 1.45. The highest BCUT2D eigenvalue weighted by Gasteiger charge is 2.22. The summed E-state index contributed by atoms with van der Waals surface area (Å²) in [6, 6.07) is 0.189. The minimum absolute atomic E-state index is 0.189. The van der Waals surface area contributed by atoms with Crippen LogP contribution < -0.4 is 11.5 Å². The van der Waals surface area contributed by atoms with Gasteiger partial charge in [0.15, 0.2) is 11.0 Å². The molecule has 0 saturated heterocycles. The lowest BCUT2D eigenvalue weighted by molar-refractivity contribution is 0.369. The van der Waals surface area contributed by atoms with E-state index in [0.717, 1.165) is 5.16 Å². The summed E-state index contributed by atoms with van der Waals surface area (Å²) < 4.78 is 7.03. The van der Waals surface area contributed by atoms with Crippen molar-refractivity contribution in [3.63, 3.8) is 0 Å². The van der Waals surface area contributed by atoms with Crippen molar-refractivity contribution in [2.75, 3.05) is 5.73 Å². The summed E-state index contributed by atoms with van der Waals surface area (Å²) in [5.74, 6) is 1.88. The molecular formula is C11H19N7OS. The maximum absolute atomic E-state index is 5.91. The molecule has 0 amide bonds. The predicted octanol–water partition coefficient (Wildman–Crippen LogP) is 1.31. The van der Waals surface area contributed by atoms with Gasteiger partial charge in [0.1, 0.15) is 0 Å². The number of aromatic nitrogens is 5. The van der Waals surface area contributed by atoms with Crippen LogP contribution >= 0.6 is 11.8 Å². The van der Waals surface area contributed by atoms with Gasteiger partial charge in [0.05, 0.1) is 11.3 Å². The Morgan fingerprint density at radius 1 is 1.35 bits per heavy atom. The molecule has 0 saturated carbocycles. The third-order valence-electron chi connectivity index (χ3n) is 2.58. The highest BCUT2D eigenvalue weighted by Crippen LogP contribution is 2.25. The van der Waals surface area contributed by atoms with Crippen LogP contribution in [0.15, 0.2) is 9.68 Å². The zero-order valence-electron chi connectivity index (χ0n) is 12.0. The van der Waals surface area contributed by atoms with Crippen LogP contribution in [0.1, 0.15) is 45.5 Å². The first-order chi connectivity index (χ1) is 9.29. The van der Waals surface area contributed by atoms with Gasteiger partial charge in [0.2, 0.25) is 11.8 Å². The van der Waals surface area contributed by atoms with Crippen LogP contribution in [-0.2, 0) is 11.3 Å². The lowest BCUT2D eigenvalue weighted by atomic mass is 10.1. The molecule has 8 nitrogen and oxygen atoms in total. The molecule has 0 atom stereocenters. The topological polar surface area (TPSA) is 122 Å². The number of nitrogens with zero attached hydrogens (tertiary/aromatic N) is 5. The van der Waals surface area contributed by atoms with Gasteiger partial charge in [0.25, 0.3) is 0 Å². The summed E-state index contributed by atoms with van der Waals surface area (Å²) in [6.45, 7) is 7.69. The van der Waals surface area contributed by atoms with Gasteiger partial charge in [-0.2, -0.15) is 4.98 Å². The minimum Gasteiger partial charge on any atom is -0.368 e. The molecule has 0 aliphatic rings. The molecule has 110 valence electrons. The van der Waals surface area contributed by atoms with Crippen molar-refractivity contribution in [1.29, 1.82) is 0 Å². The van der Waals surface area contributed by atoms with Crippen LogP contribution in [0.25, 0.3) is 0 Å². The Kier molecular flexibility index (Phi) is 4.00. The number of anilines is 1. The molecule has 2 aromatic rings. The molecule has 0 spiro atoms. The van der Waals surface area contributed by atoms with Crippen molar-refractivity contribution in [1.82, 2.24) is 24.9 Å². The van der Waals surface area contributed by atoms with E-state index in [1.807, 2.05) is 32.3 Å². The zero-order valence-corrected chi connectivity index (χ0v) is 12.8. The van der Waals surface area contributed by atoms with Gasteiger partial charge >= 0.3 is 0 Å². The highest BCUT2D eigenvalue weighted by molar-refractivity contribution is 7.98. The fourth-order valence-electron chi connectivity index (χ4n) is 1.57. The van der Waals surface area contributed by atoms with Crippen molar-refractivity contribution < 1.29 is 4.52 Å². The van der Waals surface area contributed by atoms with Crippen LogP contribution in [-0.4, -0.2) is 24.9 Å². The second kappa shape index (κ2) is 5.41. The maximum Gasteiger partial charge on any atom is 0.237 e. The normalized spacial score (nSPS) is 12.3. The molecule has 2 heterocycles. The standard InChI is InChI=1S/C11H19N7OS/c1-6(2)18-9(12)15-16-10(18)20-5-7-14-8(17-19-7)11(3,4)13/h6H,5,13H2,1-4H3,(H2,12,15). The lowest BCUT2D eigenvalue weighted by Crippen LogP contribution is -2.30. The van der Waals surface area contributed by atoms with Gasteiger partial charge in [-0.15, -0.1) is 10.2 Å². The van der Waals surface area contributed by atoms with Crippen LogP contribution in [0.2, 0.25) is 0 Å². The first-order valence-electron chi connectivity index (χ1n) is 6.24. The van der Waals surface area contributed by atoms with Crippen molar-refractivity contribution in [3.05, 3.63) is 11.7 Å². The number of hydrogen-bond donors (Lipinski definition) is 2. The van der Waals surface area contributed by atoms with E-state index in [4.69, 9.17) is 16.0 Å². The Hall–Kier alpha value is -1.61. The molecule has 0 aliphatic carbocycles. The van der Waals surface area contributed by atoms with Crippen molar-refractivity contribution in [2.24, 2.45) is 5.73 Å². The van der Waals surface area contributed by atoms with E-state index in [0.29, 0.717) is 23.4 Å². The average Bonchev–Trinajstić information content (AvgIpc) is 2.91. The minimum atomic E-state index is -0.616. The first-order valence-corrected chi connectivity index (χ1v) is 7.22. The van der Waals surface area contributed by atoms with E-state index in [9.17, 15) is 0 Å². The van der Waals surface area contributed by atoms with Crippen LogP contribution in [0, 0.1) is 0 Å². The second-order valence-electron chi connectivity index (χ2n) is 5.33. The average molecular weight is 297 g/mol. The Balaban J connectivity index is 2.08. The van der Waals surface area contributed by atoms with Gasteiger partial charge in [0, 0.05) is 6.04 Å². The summed E-state index contributed by atoms with van der Waals surface area (Å²) in [7, 11) is 0. The quantitative estimate of drug-likeness (QED) is 0.792. The van der Waals surface area contributed by atoms with Gasteiger partial charge < -0.3 is 16.0 Å². The van der Waals surface area contributed by atoms with Crippen molar-refractivity contribution in [3.8, 4) is 0 Å². The molecule has 4 N–H and O–H groups in total. The van der Waals surface area contributed by atoms with Crippen LogP contribution in [0.4, 0.5) is 5.95 Å². The molecule has 2 aromatic heterocycles. The van der Waals surface area contributed by atoms with E-state index in [-0.39, 0.29) is 6.04 Å².